The van der Waals surface area contributed by atoms with E-state index in [1.807, 2.05) is 52.8 Å². The van der Waals surface area contributed by atoms with E-state index in [2.05, 4.69) is 47.0 Å². The van der Waals surface area contributed by atoms with Crippen LogP contribution in [0, 0.1) is 11.8 Å². The van der Waals surface area contributed by atoms with Crippen molar-refractivity contribution >= 4 is 70.7 Å². The number of aliphatic hydroxyl groups excluding tert-OH is 1. The SMILES string of the molecule is CCN1/C(=C/C=C/C2=[N+](CCCCCC(=O)NCCSSCCC(=O)NCC#Cc3cn(C4CC(OCN=[N+]=[N-])C(COCO)O4)c(=O)[nH]c3=O)c3ccc(S(=O)(=O)O)cc3C2(C)C)C(C)(C)c2cc(S(=O)(=O)O)ccc21. The van der Waals surface area contributed by atoms with Crippen LogP contribution in [0.15, 0.2) is 91.0 Å². The second-order valence-electron chi connectivity index (χ2n) is 19.0. The average Bonchev–Trinajstić information content (AvgIpc) is 4.06. The fourth-order valence-electron chi connectivity index (χ4n) is 9.43. The highest BCUT2D eigenvalue weighted by Gasteiger charge is 2.45. The second-order valence-corrected chi connectivity index (χ2v) is 24.6. The number of aliphatic hydroxyl groups is 1. The van der Waals surface area contributed by atoms with Gasteiger partial charge in [0.25, 0.3) is 25.8 Å². The summed E-state index contributed by atoms with van der Waals surface area (Å²) in [6.45, 7) is 10.6. The molecule has 0 radical (unpaired) electrons. The first kappa shape index (κ1) is 60.5. The Bertz CT molecular complexity index is 3250. The quantitative estimate of drug-likeness (QED) is 0.00693. The topological polar surface area (TPSA) is 325 Å². The molecule has 1 aromatic heterocycles. The Morgan fingerprint density at radius 3 is 2.39 bits per heavy atom. The van der Waals surface area contributed by atoms with Gasteiger partial charge in [-0.1, -0.05) is 58.5 Å². The maximum Gasteiger partial charge on any atom is 0.330 e. The maximum atomic E-state index is 12.7. The molecule has 3 aliphatic rings. The summed E-state index contributed by atoms with van der Waals surface area (Å²) in [5.41, 5.74) is 10.7. The Kier molecular flexibility index (Phi) is 21.0. The molecule has 27 heteroatoms. The van der Waals surface area contributed by atoms with Crippen LogP contribution in [-0.2, 0) is 54.9 Å². The number of hydrogen-bond donors (Lipinski definition) is 6. The van der Waals surface area contributed by atoms with Crippen molar-refractivity contribution in [2.45, 2.75) is 112 Å². The molecule has 3 aromatic rings. The molecule has 0 spiro atoms. The zero-order valence-corrected chi connectivity index (χ0v) is 46.5. The highest BCUT2D eigenvalue weighted by Crippen LogP contribution is 2.48. The highest BCUT2D eigenvalue weighted by molar-refractivity contribution is 8.76. The van der Waals surface area contributed by atoms with E-state index in [-0.39, 0.29) is 59.9 Å². The first-order valence-electron chi connectivity index (χ1n) is 24.7. The zero-order chi connectivity index (χ0) is 56.1. The van der Waals surface area contributed by atoms with Crippen LogP contribution in [0.4, 0.5) is 11.4 Å². The van der Waals surface area contributed by atoms with Crippen LogP contribution in [0.3, 0.4) is 0 Å². The predicted molar refractivity (Wildman–Crippen MR) is 291 cm³/mol. The molecule has 4 heterocycles. The summed E-state index contributed by atoms with van der Waals surface area (Å²) in [6.07, 6.45) is 7.66. The summed E-state index contributed by atoms with van der Waals surface area (Å²) >= 11 is 0. The van der Waals surface area contributed by atoms with Crippen molar-refractivity contribution in [1.29, 1.82) is 0 Å². The number of azide groups is 1. The summed E-state index contributed by atoms with van der Waals surface area (Å²) < 4.78 is 87.8. The van der Waals surface area contributed by atoms with Crippen LogP contribution in [-0.4, -0.2) is 133 Å². The van der Waals surface area contributed by atoms with Gasteiger partial charge in [-0.2, -0.15) is 21.4 Å². The van der Waals surface area contributed by atoms with Crippen molar-refractivity contribution in [3.63, 3.8) is 0 Å². The van der Waals surface area contributed by atoms with Crippen LogP contribution < -0.4 is 26.8 Å². The van der Waals surface area contributed by atoms with Gasteiger partial charge < -0.3 is 34.9 Å². The largest absolute Gasteiger partial charge is 0.371 e. The number of aromatic nitrogens is 2. The molecule has 2 aromatic carbocycles. The Morgan fingerprint density at radius 2 is 1.69 bits per heavy atom. The van der Waals surface area contributed by atoms with E-state index in [4.69, 9.17) is 24.8 Å². The average molecular weight is 1140 g/mol. The monoisotopic (exact) mass is 1140 g/mol. The Labute approximate surface area is 454 Å². The van der Waals surface area contributed by atoms with Crippen molar-refractivity contribution in [3.8, 4) is 11.8 Å². The molecule has 0 aliphatic carbocycles. The number of nitrogens with zero attached hydrogens (tertiary/aromatic N) is 6. The molecular formula is C50H64N9O14S4+. The maximum absolute atomic E-state index is 12.7. The van der Waals surface area contributed by atoms with Gasteiger partial charge in [-0.05, 0) is 81.1 Å². The number of fused-ring (bicyclic) bond motifs is 2. The van der Waals surface area contributed by atoms with Crippen LogP contribution in [0.2, 0.25) is 0 Å². The van der Waals surface area contributed by atoms with E-state index in [1.54, 1.807) is 12.1 Å². The predicted octanol–water partition coefficient (Wildman–Crippen LogP) is 5.19. The standard InChI is InChI=1S/C50H63N9O14S4/c1-6-57-38-18-16-34(76(65,66)67)26-36(38)49(2,3)42(57)13-10-14-43-50(4,5)37-27-35(77(68,69)70)17-19-39(37)58(43)23-9-7-8-15-44(61)53-22-25-75-74-24-20-45(62)52-21-11-12-33-29-59(48(64)55-47(33)63)46-28-40(72-31-54-56-51)41(73-46)30-71-32-60/h10,13-14,16-19,26-27,29,40-41,46,60H,6-9,15,20-25,28,30-32H2,1-5H3,(H4-,52,53,55,61,62,63,64,65,66,67,68,69,70)/p+1. The Hall–Kier alpha value is -5.76. The number of ether oxygens (including phenoxy) is 3. The highest BCUT2D eigenvalue weighted by atomic mass is 33.1. The third-order valence-corrected chi connectivity index (χ3v) is 17.4. The lowest BCUT2D eigenvalue weighted by Gasteiger charge is -2.25. The van der Waals surface area contributed by atoms with Crippen LogP contribution in [0.25, 0.3) is 10.4 Å². The number of amides is 2. The van der Waals surface area contributed by atoms with Crippen molar-refractivity contribution in [2.75, 3.05) is 62.7 Å². The molecule has 77 heavy (non-hydrogen) atoms. The molecule has 6 rings (SSSR count). The van der Waals surface area contributed by atoms with E-state index < -0.39 is 67.5 Å². The van der Waals surface area contributed by atoms with E-state index in [0.717, 1.165) is 44.9 Å². The van der Waals surface area contributed by atoms with Crippen LogP contribution >= 0.6 is 21.6 Å². The second kappa shape index (κ2) is 26.7. The van der Waals surface area contributed by atoms with Gasteiger partial charge in [-0.15, -0.1) is 0 Å². The summed E-state index contributed by atoms with van der Waals surface area (Å²) in [6, 6.07) is 9.19. The number of allylic oxidation sites excluding steroid dienone is 4. The molecule has 6 N–H and O–H groups in total. The van der Waals surface area contributed by atoms with Gasteiger partial charge >= 0.3 is 5.69 Å². The molecule has 3 atom stereocenters. The van der Waals surface area contributed by atoms with E-state index in [1.165, 1.54) is 52.1 Å². The number of hydrogen-bond acceptors (Lipinski definition) is 16. The minimum atomic E-state index is -4.47. The van der Waals surface area contributed by atoms with Gasteiger partial charge in [0.05, 0.1) is 34.5 Å². The van der Waals surface area contributed by atoms with Crippen LogP contribution in [0.5, 0.6) is 0 Å². The van der Waals surface area contributed by atoms with Crippen molar-refractivity contribution in [3.05, 3.63) is 114 Å². The summed E-state index contributed by atoms with van der Waals surface area (Å²) in [4.78, 5) is 56.9. The number of rotatable bonds is 26. The molecule has 1 fully saturated rings. The molecule has 0 saturated carbocycles. The lowest BCUT2D eigenvalue weighted by molar-refractivity contribution is -0.438. The van der Waals surface area contributed by atoms with Gasteiger partial charge in [0.15, 0.2) is 5.71 Å². The van der Waals surface area contributed by atoms with Crippen molar-refractivity contribution in [1.82, 2.24) is 20.2 Å². The number of unbranched alkanes of at least 4 members (excludes halogenated alkanes) is 2. The zero-order valence-electron chi connectivity index (χ0n) is 43.3. The van der Waals surface area contributed by atoms with Gasteiger partial charge in [0.2, 0.25) is 17.5 Å². The third-order valence-electron chi connectivity index (χ3n) is 13.3. The van der Waals surface area contributed by atoms with E-state index in [9.17, 15) is 45.1 Å². The smallest absolute Gasteiger partial charge is 0.330 e. The molecule has 1 saturated heterocycles. The molecule has 23 nitrogen and oxygen atoms in total. The molecule has 0 bridgehead atoms. The van der Waals surface area contributed by atoms with Crippen LogP contribution in [0.1, 0.15) is 96.1 Å². The van der Waals surface area contributed by atoms with Gasteiger partial charge in [-0.3, -0.25) is 33.0 Å². The lowest BCUT2D eigenvalue weighted by Crippen LogP contribution is -2.34. The third kappa shape index (κ3) is 15.3. The first-order valence-corrected chi connectivity index (χ1v) is 30.0. The molecule has 2 amide bonds. The minimum Gasteiger partial charge on any atom is -0.371 e. The number of anilines is 1. The fourth-order valence-corrected chi connectivity index (χ4v) is 12.3. The molecule has 3 unspecified atom stereocenters. The van der Waals surface area contributed by atoms with E-state index in [0.29, 0.717) is 50.4 Å². The van der Waals surface area contributed by atoms with Crippen molar-refractivity contribution < 1.29 is 59.4 Å². The number of aromatic amines is 1. The molecule has 3 aliphatic heterocycles. The summed E-state index contributed by atoms with van der Waals surface area (Å²) in [5.74, 6) is 6.17. The van der Waals surface area contributed by atoms with Gasteiger partial charge in [0, 0.05) is 95.9 Å². The number of carbonyl (C=O) groups is 2. The number of H-pyrrole nitrogens is 1. The minimum absolute atomic E-state index is 0.0431. The number of nitrogens with one attached hydrogen (secondary N) is 3. The fraction of sp³-hybridized carbons (Fsp3) is 0.500. The first-order chi connectivity index (χ1) is 36.5. The number of benzene rings is 2. The molecule has 416 valence electrons. The Balaban J connectivity index is 0.933. The summed E-state index contributed by atoms with van der Waals surface area (Å²) in [5, 5.41) is 18.0. The van der Waals surface area contributed by atoms with Gasteiger partial charge in [-0.25, -0.2) is 4.79 Å². The van der Waals surface area contributed by atoms with Gasteiger partial charge in [0.1, 0.15) is 38.0 Å². The normalized spacial score (nSPS) is 19.0. The lowest BCUT2D eigenvalue weighted by atomic mass is 9.81. The van der Waals surface area contributed by atoms with Crippen molar-refractivity contribution in [2.24, 2.45) is 5.11 Å². The Morgan fingerprint density at radius 1 is 0.987 bits per heavy atom. The van der Waals surface area contributed by atoms with E-state index >= 15 is 0 Å². The number of likely N-dealkylation sites (N-methyl/N-ethyl adjacent to an activating group) is 1. The number of carbonyl (C=O) groups excluding carboxylic acids is 2. The summed E-state index contributed by atoms with van der Waals surface area (Å²) in [7, 11) is -5.88. The molecular weight excluding hydrogens is 1080 g/mol.